The van der Waals surface area contributed by atoms with Crippen LogP contribution in [0.3, 0.4) is 0 Å². The number of benzene rings is 2. The quantitative estimate of drug-likeness (QED) is 0.647. The van der Waals surface area contributed by atoms with Crippen LogP contribution in [0.4, 0.5) is 0 Å². The van der Waals surface area contributed by atoms with Crippen molar-refractivity contribution in [3.63, 3.8) is 0 Å². The van der Waals surface area contributed by atoms with Crippen LogP contribution in [0, 0.1) is 6.92 Å². The molecule has 2 aromatic carbocycles. The SMILES string of the molecule is Cc1ccccc1/C=C/c1ccccc1Cl. The fraction of sp³-hybridized carbons (Fsp3) is 0.0667. The van der Waals surface area contributed by atoms with Crippen molar-refractivity contribution in [2.75, 3.05) is 0 Å². The highest BCUT2D eigenvalue weighted by Gasteiger charge is 1.94. The Balaban J connectivity index is 2.29. The fourth-order valence-corrected chi connectivity index (χ4v) is 1.76. The number of rotatable bonds is 2. The summed E-state index contributed by atoms with van der Waals surface area (Å²) in [6, 6.07) is 16.1. The Morgan fingerprint density at radius 3 is 2.06 bits per heavy atom. The van der Waals surface area contributed by atoms with E-state index in [4.69, 9.17) is 11.6 Å². The molecule has 0 heterocycles. The van der Waals surface area contributed by atoms with Gasteiger partial charge >= 0.3 is 0 Å². The van der Waals surface area contributed by atoms with Crippen molar-refractivity contribution in [3.8, 4) is 0 Å². The summed E-state index contributed by atoms with van der Waals surface area (Å²) in [5, 5.41) is 0.785. The molecule has 0 N–H and O–H groups in total. The molecule has 0 radical (unpaired) electrons. The lowest BCUT2D eigenvalue weighted by atomic mass is 10.1. The molecule has 0 unspecified atom stereocenters. The molecular weight excluding hydrogens is 216 g/mol. The lowest BCUT2D eigenvalue weighted by Crippen LogP contribution is -1.78. The van der Waals surface area contributed by atoms with Gasteiger partial charge in [-0.3, -0.25) is 0 Å². The van der Waals surface area contributed by atoms with Crippen molar-refractivity contribution in [3.05, 3.63) is 70.2 Å². The molecule has 16 heavy (non-hydrogen) atoms. The van der Waals surface area contributed by atoms with E-state index < -0.39 is 0 Å². The summed E-state index contributed by atoms with van der Waals surface area (Å²) in [7, 11) is 0. The molecule has 80 valence electrons. The summed E-state index contributed by atoms with van der Waals surface area (Å²) in [4.78, 5) is 0. The predicted octanol–water partition coefficient (Wildman–Crippen LogP) is 4.82. The van der Waals surface area contributed by atoms with Crippen molar-refractivity contribution in [2.45, 2.75) is 6.92 Å². The zero-order chi connectivity index (χ0) is 11.4. The summed E-state index contributed by atoms with van der Waals surface area (Å²) in [6.07, 6.45) is 4.14. The number of aryl methyl sites for hydroxylation is 1. The summed E-state index contributed by atoms with van der Waals surface area (Å²) >= 11 is 6.08. The van der Waals surface area contributed by atoms with Gasteiger partial charge in [-0.2, -0.15) is 0 Å². The van der Waals surface area contributed by atoms with Crippen LogP contribution in [0.1, 0.15) is 16.7 Å². The molecule has 0 saturated carbocycles. The minimum Gasteiger partial charge on any atom is -0.0837 e. The standard InChI is InChI=1S/C15H13Cl/c1-12-6-2-3-7-13(12)10-11-14-8-4-5-9-15(14)16/h2-11H,1H3/b11-10+. The van der Waals surface area contributed by atoms with E-state index in [1.165, 1.54) is 11.1 Å². The van der Waals surface area contributed by atoms with Crippen LogP contribution in [-0.2, 0) is 0 Å². The maximum Gasteiger partial charge on any atom is 0.0478 e. The molecule has 0 bridgehead atoms. The van der Waals surface area contributed by atoms with Gasteiger partial charge in [-0.15, -0.1) is 0 Å². The van der Waals surface area contributed by atoms with Crippen LogP contribution in [0.5, 0.6) is 0 Å². The Labute approximate surface area is 101 Å². The average Bonchev–Trinajstić information content (AvgIpc) is 2.30. The molecule has 0 amide bonds. The van der Waals surface area contributed by atoms with Crippen molar-refractivity contribution in [1.82, 2.24) is 0 Å². The molecule has 2 rings (SSSR count). The molecule has 2 aromatic rings. The molecule has 1 heteroatoms. The second-order valence-electron chi connectivity index (χ2n) is 3.71. The third-order valence-electron chi connectivity index (χ3n) is 2.54. The Morgan fingerprint density at radius 1 is 0.812 bits per heavy atom. The first-order valence-electron chi connectivity index (χ1n) is 5.25. The molecule has 0 atom stereocenters. The van der Waals surface area contributed by atoms with Gasteiger partial charge in [-0.05, 0) is 29.7 Å². The van der Waals surface area contributed by atoms with E-state index in [2.05, 4.69) is 25.1 Å². The molecular formula is C15H13Cl. The summed E-state index contributed by atoms with van der Waals surface area (Å²) in [5.74, 6) is 0. The molecule has 0 aromatic heterocycles. The average molecular weight is 229 g/mol. The van der Waals surface area contributed by atoms with E-state index in [0.29, 0.717) is 0 Å². The molecule has 0 aliphatic rings. The maximum atomic E-state index is 6.08. The van der Waals surface area contributed by atoms with Gasteiger partial charge in [-0.25, -0.2) is 0 Å². The molecule has 0 aliphatic heterocycles. The van der Waals surface area contributed by atoms with Crippen LogP contribution < -0.4 is 0 Å². The summed E-state index contributed by atoms with van der Waals surface area (Å²) < 4.78 is 0. The van der Waals surface area contributed by atoms with Gasteiger partial charge in [0.15, 0.2) is 0 Å². The Bertz CT molecular complexity index is 465. The van der Waals surface area contributed by atoms with E-state index >= 15 is 0 Å². The third-order valence-corrected chi connectivity index (χ3v) is 2.88. The summed E-state index contributed by atoms with van der Waals surface area (Å²) in [5.41, 5.74) is 3.54. The fourth-order valence-electron chi connectivity index (χ4n) is 1.56. The zero-order valence-corrected chi connectivity index (χ0v) is 9.91. The number of hydrogen-bond donors (Lipinski definition) is 0. The predicted molar refractivity (Wildman–Crippen MR) is 71.6 cm³/mol. The molecule has 0 saturated heterocycles. The zero-order valence-electron chi connectivity index (χ0n) is 9.15. The van der Waals surface area contributed by atoms with Crippen LogP contribution in [0.15, 0.2) is 48.5 Å². The van der Waals surface area contributed by atoms with Crippen LogP contribution >= 0.6 is 11.6 Å². The van der Waals surface area contributed by atoms with Crippen molar-refractivity contribution >= 4 is 23.8 Å². The Morgan fingerprint density at radius 2 is 1.38 bits per heavy atom. The van der Waals surface area contributed by atoms with Crippen molar-refractivity contribution < 1.29 is 0 Å². The monoisotopic (exact) mass is 228 g/mol. The van der Waals surface area contributed by atoms with Crippen LogP contribution in [0.25, 0.3) is 12.2 Å². The first-order valence-corrected chi connectivity index (χ1v) is 5.63. The number of hydrogen-bond acceptors (Lipinski definition) is 0. The van der Waals surface area contributed by atoms with E-state index in [0.717, 1.165) is 10.6 Å². The van der Waals surface area contributed by atoms with Gasteiger partial charge in [0, 0.05) is 5.02 Å². The Kier molecular flexibility index (Phi) is 3.43. The first kappa shape index (κ1) is 11.0. The van der Waals surface area contributed by atoms with Gasteiger partial charge in [0.05, 0.1) is 0 Å². The topological polar surface area (TPSA) is 0 Å². The minimum atomic E-state index is 0.785. The van der Waals surface area contributed by atoms with Crippen LogP contribution in [-0.4, -0.2) is 0 Å². The highest BCUT2D eigenvalue weighted by atomic mass is 35.5. The maximum absolute atomic E-state index is 6.08. The normalized spacial score (nSPS) is 10.9. The van der Waals surface area contributed by atoms with Gasteiger partial charge in [0.25, 0.3) is 0 Å². The molecule has 0 aliphatic carbocycles. The molecule has 0 fully saturated rings. The third kappa shape index (κ3) is 2.53. The minimum absolute atomic E-state index is 0.785. The van der Waals surface area contributed by atoms with E-state index in [1.807, 2.05) is 42.5 Å². The lowest BCUT2D eigenvalue weighted by molar-refractivity contribution is 1.45. The highest BCUT2D eigenvalue weighted by molar-refractivity contribution is 6.32. The first-order chi connectivity index (χ1) is 7.77. The van der Waals surface area contributed by atoms with Gasteiger partial charge < -0.3 is 0 Å². The summed E-state index contributed by atoms with van der Waals surface area (Å²) in [6.45, 7) is 2.10. The van der Waals surface area contributed by atoms with Gasteiger partial charge in [0.2, 0.25) is 0 Å². The molecule has 0 spiro atoms. The van der Waals surface area contributed by atoms with Crippen molar-refractivity contribution in [1.29, 1.82) is 0 Å². The second kappa shape index (κ2) is 5.00. The largest absolute Gasteiger partial charge is 0.0837 e. The van der Waals surface area contributed by atoms with Gasteiger partial charge in [-0.1, -0.05) is 66.2 Å². The van der Waals surface area contributed by atoms with E-state index in [1.54, 1.807) is 0 Å². The van der Waals surface area contributed by atoms with Crippen molar-refractivity contribution in [2.24, 2.45) is 0 Å². The number of halogens is 1. The van der Waals surface area contributed by atoms with E-state index in [-0.39, 0.29) is 0 Å². The Hall–Kier alpha value is -1.53. The molecule has 0 nitrogen and oxygen atoms in total. The lowest BCUT2D eigenvalue weighted by Gasteiger charge is -2.00. The second-order valence-corrected chi connectivity index (χ2v) is 4.12. The van der Waals surface area contributed by atoms with Crippen LogP contribution in [0.2, 0.25) is 5.02 Å². The smallest absolute Gasteiger partial charge is 0.0478 e. The van der Waals surface area contributed by atoms with Gasteiger partial charge in [0.1, 0.15) is 0 Å². The highest BCUT2D eigenvalue weighted by Crippen LogP contribution is 2.18. The van der Waals surface area contributed by atoms with E-state index in [9.17, 15) is 0 Å².